The quantitative estimate of drug-likeness (QED) is 0.698. The summed E-state index contributed by atoms with van der Waals surface area (Å²) in [6.07, 6.45) is 1.02. The monoisotopic (exact) mass is 326 g/mol. The minimum atomic E-state index is -0.862. The number of carbonyl (C=O) groups excluding carboxylic acids is 1. The highest BCUT2D eigenvalue weighted by molar-refractivity contribution is 5.74. The molecular formula is C19H22N2O3. The highest BCUT2D eigenvalue weighted by Gasteiger charge is 2.14. The van der Waals surface area contributed by atoms with E-state index in [2.05, 4.69) is 10.6 Å². The molecule has 0 heterocycles. The summed E-state index contributed by atoms with van der Waals surface area (Å²) < 4.78 is 0. The molecule has 1 unspecified atom stereocenters. The van der Waals surface area contributed by atoms with Gasteiger partial charge in [0, 0.05) is 19.0 Å². The van der Waals surface area contributed by atoms with Crippen LogP contribution >= 0.6 is 0 Å². The Morgan fingerprint density at radius 2 is 1.50 bits per heavy atom. The van der Waals surface area contributed by atoms with Gasteiger partial charge in [-0.3, -0.25) is 4.79 Å². The lowest BCUT2D eigenvalue weighted by Gasteiger charge is -2.19. The van der Waals surface area contributed by atoms with E-state index in [0.29, 0.717) is 19.4 Å². The third-order valence-corrected chi connectivity index (χ3v) is 3.66. The zero-order valence-electron chi connectivity index (χ0n) is 13.4. The highest BCUT2D eigenvalue weighted by Crippen LogP contribution is 2.08. The molecular weight excluding hydrogens is 304 g/mol. The SMILES string of the molecule is O=C(O)CCC(Cc1ccccc1)NC(=O)NCc1ccccc1. The number of nitrogens with one attached hydrogen (secondary N) is 2. The van der Waals surface area contributed by atoms with Gasteiger partial charge < -0.3 is 15.7 Å². The summed E-state index contributed by atoms with van der Waals surface area (Å²) in [6, 6.07) is 18.8. The van der Waals surface area contributed by atoms with Gasteiger partial charge in [-0.2, -0.15) is 0 Å². The molecule has 2 aromatic carbocycles. The standard InChI is InChI=1S/C19H22N2O3/c22-18(23)12-11-17(13-15-7-3-1-4-8-15)21-19(24)20-14-16-9-5-2-6-10-16/h1-10,17H,11-14H2,(H,22,23)(H2,20,21,24). The number of benzene rings is 2. The molecule has 0 spiro atoms. The predicted molar refractivity (Wildman–Crippen MR) is 92.6 cm³/mol. The number of rotatable bonds is 8. The van der Waals surface area contributed by atoms with E-state index >= 15 is 0 Å². The summed E-state index contributed by atoms with van der Waals surface area (Å²) in [7, 11) is 0. The van der Waals surface area contributed by atoms with Crippen LogP contribution in [0.1, 0.15) is 24.0 Å². The number of hydrogen-bond acceptors (Lipinski definition) is 2. The number of aliphatic carboxylic acids is 1. The van der Waals surface area contributed by atoms with Crippen molar-refractivity contribution in [3.63, 3.8) is 0 Å². The summed E-state index contributed by atoms with van der Waals surface area (Å²) in [5, 5.41) is 14.6. The van der Waals surface area contributed by atoms with Crippen LogP contribution in [-0.4, -0.2) is 23.1 Å². The van der Waals surface area contributed by atoms with Crippen LogP contribution in [0.15, 0.2) is 60.7 Å². The van der Waals surface area contributed by atoms with Crippen molar-refractivity contribution in [3.05, 3.63) is 71.8 Å². The molecule has 0 bridgehead atoms. The lowest BCUT2D eigenvalue weighted by atomic mass is 10.0. The van der Waals surface area contributed by atoms with Gasteiger partial charge in [-0.1, -0.05) is 60.7 Å². The molecule has 5 nitrogen and oxygen atoms in total. The van der Waals surface area contributed by atoms with Crippen molar-refractivity contribution in [2.24, 2.45) is 0 Å². The summed E-state index contributed by atoms with van der Waals surface area (Å²) in [5.41, 5.74) is 2.08. The Hall–Kier alpha value is -2.82. The minimum absolute atomic E-state index is 0.0243. The number of urea groups is 1. The average molecular weight is 326 g/mol. The van der Waals surface area contributed by atoms with E-state index in [4.69, 9.17) is 5.11 Å². The Labute approximate surface area is 141 Å². The molecule has 0 aliphatic heterocycles. The van der Waals surface area contributed by atoms with Crippen LogP contribution in [0.3, 0.4) is 0 Å². The lowest BCUT2D eigenvalue weighted by molar-refractivity contribution is -0.137. The molecule has 0 aromatic heterocycles. The largest absolute Gasteiger partial charge is 0.481 e. The summed E-state index contributed by atoms with van der Waals surface area (Å²) in [5.74, 6) is -0.862. The predicted octanol–water partition coefficient (Wildman–Crippen LogP) is 2.96. The highest BCUT2D eigenvalue weighted by atomic mass is 16.4. The first-order valence-electron chi connectivity index (χ1n) is 7.97. The molecule has 1 atom stereocenters. The summed E-state index contributed by atoms with van der Waals surface area (Å²) in [4.78, 5) is 22.9. The second-order valence-electron chi connectivity index (χ2n) is 5.63. The number of carboxylic acid groups (broad SMARTS) is 1. The molecule has 24 heavy (non-hydrogen) atoms. The molecule has 2 amide bonds. The number of hydrogen-bond donors (Lipinski definition) is 3. The van der Waals surface area contributed by atoms with Gasteiger partial charge >= 0.3 is 12.0 Å². The number of amides is 2. The third-order valence-electron chi connectivity index (χ3n) is 3.66. The van der Waals surface area contributed by atoms with Crippen LogP contribution in [0.2, 0.25) is 0 Å². The Morgan fingerprint density at radius 1 is 0.917 bits per heavy atom. The maximum Gasteiger partial charge on any atom is 0.315 e. The van der Waals surface area contributed by atoms with Crippen molar-refractivity contribution in [2.75, 3.05) is 0 Å². The summed E-state index contributed by atoms with van der Waals surface area (Å²) >= 11 is 0. The minimum Gasteiger partial charge on any atom is -0.481 e. The molecule has 0 saturated carbocycles. The van der Waals surface area contributed by atoms with Crippen molar-refractivity contribution < 1.29 is 14.7 Å². The maximum absolute atomic E-state index is 12.1. The van der Waals surface area contributed by atoms with Crippen molar-refractivity contribution >= 4 is 12.0 Å². The van der Waals surface area contributed by atoms with Crippen molar-refractivity contribution in [3.8, 4) is 0 Å². The molecule has 0 radical (unpaired) electrons. The van der Waals surface area contributed by atoms with E-state index in [0.717, 1.165) is 11.1 Å². The van der Waals surface area contributed by atoms with E-state index in [-0.39, 0.29) is 18.5 Å². The van der Waals surface area contributed by atoms with Gasteiger partial charge in [-0.05, 0) is 24.0 Å². The Morgan fingerprint density at radius 3 is 2.08 bits per heavy atom. The molecule has 5 heteroatoms. The van der Waals surface area contributed by atoms with Crippen molar-refractivity contribution in [1.29, 1.82) is 0 Å². The molecule has 0 aliphatic carbocycles. The Bertz CT molecular complexity index is 644. The number of carboxylic acids is 1. The fourth-order valence-electron chi connectivity index (χ4n) is 2.44. The number of carbonyl (C=O) groups is 2. The first kappa shape index (κ1) is 17.5. The van der Waals surface area contributed by atoms with Crippen LogP contribution in [0.4, 0.5) is 4.79 Å². The first-order chi connectivity index (χ1) is 11.6. The van der Waals surface area contributed by atoms with Gasteiger partial charge in [0.05, 0.1) is 0 Å². The van der Waals surface area contributed by atoms with Crippen LogP contribution in [-0.2, 0) is 17.8 Å². The lowest BCUT2D eigenvalue weighted by Crippen LogP contribution is -2.43. The van der Waals surface area contributed by atoms with Gasteiger partial charge in [-0.25, -0.2) is 4.79 Å². The second kappa shape index (κ2) is 9.35. The maximum atomic E-state index is 12.1. The first-order valence-corrected chi connectivity index (χ1v) is 7.97. The van der Waals surface area contributed by atoms with E-state index in [9.17, 15) is 9.59 Å². The fourth-order valence-corrected chi connectivity index (χ4v) is 2.44. The topological polar surface area (TPSA) is 78.4 Å². The molecule has 3 N–H and O–H groups in total. The van der Waals surface area contributed by atoms with Crippen molar-refractivity contribution in [1.82, 2.24) is 10.6 Å². The van der Waals surface area contributed by atoms with Crippen LogP contribution in [0, 0.1) is 0 Å². The van der Waals surface area contributed by atoms with E-state index in [1.807, 2.05) is 60.7 Å². The molecule has 0 saturated heterocycles. The Balaban J connectivity index is 1.88. The fraction of sp³-hybridized carbons (Fsp3) is 0.263. The average Bonchev–Trinajstić information content (AvgIpc) is 2.60. The van der Waals surface area contributed by atoms with E-state index in [1.165, 1.54) is 0 Å². The molecule has 2 rings (SSSR count). The Kier molecular flexibility index (Phi) is 6.83. The zero-order valence-corrected chi connectivity index (χ0v) is 13.4. The van der Waals surface area contributed by atoms with E-state index in [1.54, 1.807) is 0 Å². The summed E-state index contributed by atoms with van der Waals surface area (Å²) in [6.45, 7) is 0.434. The molecule has 2 aromatic rings. The van der Waals surface area contributed by atoms with Gasteiger partial charge in [0.15, 0.2) is 0 Å². The van der Waals surface area contributed by atoms with Crippen LogP contribution in [0.5, 0.6) is 0 Å². The van der Waals surface area contributed by atoms with Gasteiger partial charge in [-0.15, -0.1) is 0 Å². The smallest absolute Gasteiger partial charge is 0.315 e. The molecule has 0 aliphatic rings. The molecule has 0 fully saturated rings. The van der Waals surface area contributed by atoms with E-state index < -0.39 is 5.97 Å². The van der Waals surface area contributed by atoms with Gasteiger partial charge in [0.1, 0.15) is 0 Å². The van der Waals surface area contributed by atoms with Crippen LogP contribution < -0.4 is 10.6 Å². The normalized spacial score (nSPS) is 11.5. The molecule has 126 valence electrons. The third kappa shape index (κ3) is 6.52. The van der Waals surface area contributed by atoms with Crippen molar-refractivity contribution in [2.45, 2.75) is 31.8 Å². The van der Waals surface area contributed by atoms with Gasteiger partial charge in [0.25, 0.3) is 0 Å². The zero-order chi connectivity index (χ0) is 17.2. The second-order valence-corrected chi connectivity index (χ2v) is 5.63. The van der Waals surface area contributed by atoms with Gasteiger partial charge in [0.2, 0.25) is 0 Å². The van der Waals surface area contributed by atoms with Crippen LogP contribution in [0.25, 0.3) is 0 Å².